The highest BCUT2D eigenvalue weighted by Gasteiger charge is 2.27. The van der Waals surface area contributed by atoms with Crippen LogP contribution in [0.15, 0.2) is 11.6 Å². The minimum atomic E-state index is -0.784. The highest BCUT2D eigenvalue weighted by molar-refractivity contribution is 5.93. The third-order valence-corrected chi connectivity index (χ3v) is 3.43. The second-order valence-electron chi connectivity index (χ2n) is 4.88. The van der Waals surface area contributed by atoms with Crippen molar-refractivity contribution in [3.63, 3.8) is 0 Å². The van der Waals surface area contributed by atoms with Crippen LogP contribution in [0.25, 0.3) is 0 Å². The molecule has 1 rings (SSSR count). The van der Waals surface area contributed by atoms with Crippen molar-refractivity contribution in [2.45, 2.75) is 58.4 Å². The van der Waals surface area contributed by atoms with E-state index in [0.717, 1.165) is 37.8 Å². The van der Waals surface area contributed by atoms with Gasteiger partial charge in [0.25, 0.3) is 0 Å². The second-order valence-corrected chi connectivity index (χ2v) is 4.88. The van der Waals surface area contributed by atoms with Gasteiger partial charge in [0.1, 0.15) is 0 Å². The largest absolute Gasteiger partial charge is 0.481 e. The molecule has 1 atom stereocenters. The Bertz CT molecular complexity index is 336. The first-order chi connectivity index (χ1) is 8.56. The summed E-state index contributed by atoms with van der Waals surface area (Å²) in [4.78, 5) is 24.8. The number of nitrogens with zero attached hydrogens (tertiary/aromatic N) is 1. The van der Waals surface area contributed by atoms with Gasteiger partial charge >= 0.3 is 5.97 Å². The summed E-state index contributed by atoms with van der Waals surface area (Å²) in [5, 5.41) is 8.75. The van der Waals surface area contributed by atoms with Gasteiger partial charge in [0.2, 0.25) is 5.91 Å². The van der Waals surface area contributed by atoms with Crippen LogP contribution in [-0.2, 0) is 9.59 Å². The van der Waals surface area contributed by atoms with Crippen LogP contribution in [-0.4, -0.2) is 34.5 Å². The number of hydrogen-bond donors (Lipinski definition) is 1. The second kappa shape index (κ2) is 7.19. The van der Waals surface area contributed by atoms with Crippen molar-refractivity contribution in [1.29, 1.82) is 0 Å². The van der Waals surface area contributed by atoms with Crippen molar-refractivity contribution in [2.24, 2.45) is 0 Å². The molecule has 1 amide bonds. The average molecular weight is 253 g/mol. The Hall–Kier alpha value is -1.32. The molecule has 1 aliphatic heterocycles. The highest BCUT2D eigenvalue weighted by Crippen LogP contribution is 2.22. The Kier molecular flexibility index (Phi) is 5.89. The fourth-order valence-corrected chi connectivity index (χ4v) is 2.48. The maximum absolute atomic E-state index is 12.3. The lowest BCUT2D eigenvalue weighted by Crippen LogP contribution is -2.44. The Morgan fingerprint density at radius 1 is 1.39 bits per heavy atom. The van der Waals surface area contributed by atoms with Gasteiger partial charge in [0.05, 0.1) is 0 Å². The van der Waals surface area contributed by atoms with Crippen molar-refractivity contribution in [3.05, 3.63) is 11.6 Å². The van der Waals surface area contributed by atoms with Crippen molar-refractivity contribution < 1.29 is 14.7 Å². The van der Waals surface area contributed by atoms with Gasteiger partial charge in [-0.1, -0.05) is 13.0 Å². The highest BCUT2D eigenvalue weighted by atomic mass is 16.4. The van der Waals surface area contributed by atoms with E-state index >= 15 is 0 Å². The predicted octanol–water partition coefficient (Wildman–Crippen LogP) is 2.59. The molecule has 1 N–H and O–H groups in total. The van der Waals surface area contributed by atoms with E-state index in [-0.39, 0.29) is 18.4 Å². The molecule has 102 valence electrons. The van der Waals surface area contributed by atoms with Gasteiger partial charge in [-0.05, 0) is 39.0 Å². The van der Waals surface area contributed by atoms with Crippen LogP contribution in [0.5, 0.6) is 0 Å². The molecule has 1 saturated heterocycles. The molecule has 0 saturated carbocycles. The van der Waals surface area contributed by atoms with E-state index in [1.165, 1.54) is 0 Å². The topological polar surface area (TPSA) is 57.6 Å². The van der Waals surface area contributed by atoms with Gasteiger partial charge in [0, 0.05) is 24.6 Å². The summed E-state index contributed by atoms with van der Waals surface area (Å²) < 4.78 is 0. The number of carboxylic acid groups (broad SMARTS) is 1. The molecule has 0 radical (unpaired) electrons. The van der Waals surface area contributed by atoms with E-state index < -0.39 is 5.97 Å². The third kappa shape index (κ3) is 4.17. The zero-order valence-corrected chi connectivity index (χ0v) is 11.3. The van der Waals surface area contributed by atoms with Crippen molar-refractivity contribution in [3.8, 4) is 0 Å². The number of amides is 1. The molecule has 1 fully saturated rings. The number of carbonyl (C=O) groups excluding carboxylic acids is 1. The molecule has 4 nitrogen and oxygen atoms in total. The zero-order valence-electron chi connectivity index (χ0n) is 11.3. The summed E-state index contributed by atoms with van der Waals surface area (Å²) >= 11 is 0. The van der Waals surface area contributed by atoms with Crippen molar-refractivity contribution in [2.75, 3.05) is 6.54 Å². The fraction of sp³-hybridized carbons (Fsp3) is 0.714. The summed E-state index contributed by atoms with van der Waals surface area (Å²) in [7, 11) is 0. The first-order valence-electron chi connectivity index (χ1n) is 6.75. The van der Waals surface area contributed by atoms with Crippen LogP contribution in [0.3, 0.4) is 0 Å². The Balaban J connectivity index is 2.66. The number of piperidine rings is 1. The van der Waals surface area contributed by atoms with E-state index in [9.17, 15) is 9.59 Å². The molecule has 1 heterocycles. The summed E-state index contributed by atoms with van der Waals surface area (Å²) in [6.07, 6.45) is 6.54. The Labute approximate surface area is 109 Å². The quantitative estimate of drug-likeness (QED) is 0.766. The SMILES string of the molecule is CC/C=C(/C)C(=O)N1CCCC[C@H]1CCC(=O)O. The Morgan fingerprint density at radius 3 is 2.72 bits per heavy atom. The number of likely N-dealkylation sites (tertiary alicyclic amines) is 1. The van der Waals surface area contributed by atoms with Crippen LogP contribution in [0.1, 0.15) is 52.4 Å². The van der Waals surface area contributed by atoms with E-state index in [4.69, 9.17) is 5.11 Å². The molecular formula is C14H23NO3. The van der Waals surface area contributed by atoms with Crippen LogP contribution in [0.2, 0.25) is 0 Å². The molecule has 1 aliphatic rings. The maximum atomic E-state index is 12.3. The minimum absolute atomic E-state index is 0.0759. The van der Waals surface area contributed by atoms with Gasteiger partial charge in [-0.15, -0.1) is 0 Å². The number of aliphatic carboxylic acids is 1. The van der Waals surface area contributed by atoms with Crippen LogP contribution >= 0.6 is 0 Å². The van der Waals surface area contributed by atoms with Crippen LogP contribution < -0.4 is 0 Å². The molecule has 4 heteroatoms. The molecule has 0 spiro atoms. The molecule has 0 aromatic carbocycles. The van der Waals surface area contributed by atoms with Crippen molar-refractivity contribution >= 4 is 11.9 Å². The first-order valence-corrected chi connectivity index (χ1v) is 6.75. The zero-order chi connectivity index (χ0) is 13.5. The van der Waals surface area contributed by atoms with E-state index in [0.29, 0.717) is 6.42 Å². The number of carboxylic acids is 1. The van der Waals surface area contributed by atoms with E-state index in [1.54, 1.807) is 0 Å². The van der Waals surface area contributed by atoms with Gasteiger partial charge in [0.15, 0.2) is 0 Å². The Morgan fingerprint density at radius 2 is 2.11 bits per heavy atom. The lowest BCUT2D eigenvalue weighted by molar-refractivity contribution is -0.139. The van der Waals surface area contributed by atoms with Crippen LogP contribution in [0, 0.1) is 0 Å². The molecule has 0 aromatic rings. The van der Waals surface area contributed by atoms with Gasteiger partial charge < -0.3 is 10.0 Å². The number of hydrogen-bond acceptors (Lipinski definition) is 2. The standard InChI is InChI=1S/C14H23NO3/c1-3-6-11(2)14(18)15-10-5-4-7-12(15)8-9-13(16)17/h6,12H,3-5,7-10H2,1-2H3,(H,16,17)/b11-6-/t12-/m0/s1. The van der Waals surface area contributed by atoms with E-state index in [2.05, 4.69) is 0 Å². The van der Waals surface area contributed by atoms with Crippen LogP contribution in [0.4, 0.5) is 0 Å². The summed E-state index contributed by atoms with van der Waals surface area (Å²) in [5.41, 5.74) is 0.778. The average Bonchev–Trinajstić information content (AvgIpc) is 2.36. The fourth-order valence-electron chi connectivity index (χ4n) is 2.48. The number of allylic oxidation sites excluding steroid dienone is 1. The molecule has 18 heavy (non-hydrogen) atoms. The minimum Gasteiger partial charge on any atom is -0.481 e. The predicted molar refractivity (Wildman–Crippen MR) is 70.3 cm³/mol. The van der Waals surface area contributed by atoms with Gasteiger partial charge in [-0.3, -0.25) is 9.59 Å². The molecule has 0 unspecified atom stereocenters. The molecule has 0 aromatic heterocycles. The van der Waals surface area contributed by atoms with Crippen molar-refractivity contribution in [1.82, 2.24) is 4.90 Å². The summed E-state index contributed by atoms with van der Waals surface area (Å²) in [6.45, 7) is 4.61. The third-order valence-electron chi connectivity index (χ3n) is 3.43. The summed E-state index contributed by atoms with van der Waals surface area (Å²) in [5.74, 6) is -0.708. The van der Waals surface area contributed by atoms with E-state index in [1.807, 2.05) is 24.8 Å². The molecule has 0 aliphatic carbocycles. The maximum Gasteiger partial charge on any atom is 0.303 e. The number of carbonyl (C=O) groups is 2. The molecular weight excluding hydrogens is 230 g/mol. The lowest BCUT2D eigenvalue weighted by Gasteiger charge is -2.36. The summed E-state index contributed by atoms with van der Waals surface area (Å²) in [6, 6.07) is 0.0996. The lowest BCUT2D eigenvalue weighted by atomic mass is 9.97. The molecule has 0 bridgehead atoms. The number of rotatable bonds is 5. The monoisotopic (exact) mass is 253 g/mol. The van der Waals surface area contributed by atoms with Gasteiger partial charge in [-0.2, -0.15) is 0 Å². The first kappa shape index (κ1) is 14.7. The normalized spacial score (nSPS) is 20.9. The smallest absolute Gasteiger partial charge is 0.303 e. The van der Waals surface area contributed by atoms with Gasteiger partial charge in [-0.25, -0.2) is 0 Å².